The number of sulfonamides is 1. The number of nitrogens with zero attached hydrogens (tertiary/aromatic N) is 1. The SMILES string of the molecule is COC(=O)NCC(=O)NC(C)c1ccc(C(CO)N(C(C)C)S(=O)(=O)c2ccc(N)cc2)s1. The Bertz CT molecular complexity index is 1050. The van der Waals surface area contributed by atoms with E-state index in [1.54, 1.807) is 32.9 Å². The zero-order valence-electron chi connectivity index (χ0n) is 18.9. The molecule has 2 atom stereocenters. The van der Waals surface area contributed by atoms with E-state index in [4.69, 9.17) is 5.73 Å². The van der Waals surface area contributed by atoms with E-state index in [-0.39, 0.29) is 11.4 Å². The van der Waals surface area contributed by atoms with Crippen LogP contribution >= 0.6 is 11.3 Å². The first kappa shape index (κ1) is 26.6. The van der Waals surface area contributed by atoms with Crippen LogP contribution in [0.1, 0.15) is 42.6 Å². The van der Waals surface area contributed by atoms with Crippen LogP contribution in [0.2, 0.25) is 0 Å². The number of aliphatic hydroxyl groups excluding tert-OH is 1. The van der Waals surface area contributed by atoms with Gasteiger partial charge in [0.1, 0.15) is 6.54 Å². The number of ether oxygens (including phenoxy) is 1. The molecule has 2 aromatic rings. The summed E-state index contributed by atoms with van der Waals surface area (Å²) in [7, 11) is -2.72. The topological polar surface area (TPSA) is 151 Å². The van der Waals surface area contributed by atoms with Crippen molar-refractivity contribution in [2.75, 3.05) is 26.0 Å². The minimum absolute atomic E-state index is 0.0827. The molecule has 0 saturated carbocycles. The number of alkyl carbamates (subject to hydrolysis) is 1. The number of rotatable bonds is 10. The first-order valence-corrected chi connectivity index (χ1v) is 12.5. The number of nitrogen functional groups attached to an aromatic ring is 1. The van der Waals surface area contributed by atoms with Crippen molar-refractivity contribution < 1.29 is 27.9 Å². The second kappa shape index (κ2) is 11.5. The summed E-state index contributed by atoms with van der Waals surface area (Å²) in [4.78, 5) is 24.6. The molecular weight excluding hydrogens is 468 g/mol. The number of amides is 2. The van der Waals surface area contributed by atoms with Gasteiger partial charge >= 0.3 is 6.09 Å². The third-order valence-electron chi connectivity index (χ3n) is 4.80. The Morgan fingerprint density at radius 1 is 1.12 bits per heavy atom. The van der Waals surface area contributed by atoms with Crippen molar-refractivity contribution in [3.63, 3.8) is 0 Å². The van der Waals surface area contributed by atoms with Crippen molar-refractivity contribution in [1.29, 1.82) is 0 Å². The highest BCUT2D eigenvalue weighted by Gasteiger charge is 2.35. The van der Waals surface area contributed by atoms with Crippen LogP contribution in [0.4, 0.5) is 10.5 Å². The summed E-state index contributed by atoms with van der Waals surface area (Å²) in [6, 6.07) is 7.79. The lowest BCUT2D eigenvalue weighted by molar-refractivity contribution is -0.120. The van der Waals surface area contributed by atoms with Gasteiger partial charge in [-0.1, -0.05) is 0 Å². The second-order valence-electron chi connectivity index (χ2n) is 7.57. The first-order valence-electron chi connectivity index (χ1n) is 10.2. The number of benzene rings is 1. The number of anilines is 1. The highest BCUT2D eigenvalue weighted by Crippen LogP contribution is 2.35. The number of nitrogens with one attached hydrogen (secondary N) is 2. The van der Waals surface area contributed by atoms with Gasteiger partial charge in [0.05, 0.1) is 30.7 Å². The molecule has 0 saturated heterocycles. The van der Waals surface area contributed by atoms with Gasteiger partial charge in [0.15, 0.2) is 0 Å². The maximum atomic E-state index is 13.4. The molecule has 33 heavy (non-hydrogen) atoms. The van der Waals surface area contributed by atoms with Gasteiger partial charge in [0.25, 0.3) is 0 Å². The molecule has 12 heteroatoms. The molecule has 0 fully saturated rings. The lowest BCUT2D eigenvalue weighted by Crippen LogP contribution is -2.41. The number of hydrogen-bond donors (Lipinski definition) is 4. The van der Waals surface area contributed by atoms with E-state index >= 15 is 0 Å². The summed E-state index contributed by atoms with van der Waals surface area (Å²) in [5.41, 5.74) is 6.13. The monoisotopic (exact) mass is 498 g/mol. The zero-order valence-corrected chi connectivity index (χ0v) is 20.6. The Labute approximate surface area is 197 Å². The van der Waals surface area contributed by atoms with E-state index < -0.39 is 46.8 Å². The van der Waals surface area contributed by atoms with Crippen molar-refractivity contribution >= 4 is 39.0 Å². The van der Waals surface area contributed by atoms with Crippen LogP contribution in [0.15, 0.2) is 41.3 Å². The van der Waals surface area contributed by atoms with Crippen LogP contribution in [0.25, 0.3) is 0 Å². The molecule has 1 aromatic carbocycles. The van der Waals surface area contributed by atoms with Gasteiger partial charge < -0.3 is 26.2 Å². The summed E-state index contributed by atoms with van der Waals surface area (Å²) in [6.45, 7) is 4.59. The largest absolute Gasteiger partial charge is 0.453 e. The van der Waals surface area contributed by atoms with Crippen LogP contribution < -0.4 is 16.4 Å². The summed E-state index contributed by atoms with van der Waals surface area (Å²) < 4.78 is 32.5. The number of thiophene rings is 1. The number of methoxy groups -OCH3 is 1. The number of hydrogen-bond acceptors (Lipinski definition) is 8. The number of carbonyl (C=O) groups excluding carboxylic acids is 2. The third kappa shape index (κ3) is 6.67. The minimum Gasteiger partial charge on any atom is -0.453 e. The number of aliphatic hydroxyl groups is 1. The summed E-state index contributed by atoms with van der Waals surface area (Å²) in [5, 5.41) is 15.2. The molecule has 1 aromatic heterocycles. The molecule has 2 amide bonds. The smallest absolute Gasteiger partial charge is 0.407 e. The van der Waals surface area contributed by atoms with E-state index in [9.17, 15) is 23.1 Å². The average molecular weight is 499 g/mol. The maximum absolute atomic E-state index is 13.4. The van der Waals surface area contributed by atoms with Gasteiger partial charge in [-0.3, -0.25) is 4.79 Å². The van der Waals surface area contributed by atoms with E-state index in [0.29, 0.717) is 10.6 Å². The Kier molecular flexibility index (Phi) is 9.23. The predicted molar refractivity (Wildman–Crippen MR) is 126 cm³/mol. The van der Waals surface area contributed by atoms with E-state index in [2.05, 4.69) is 15.4 Å². The molecular formula is C21H30N4O6S2. The molecule has 0 spiro atoms. The number of nitrogens with two attached hydrogens (primary N) is 1. The van der Waals surface area contributed by atoms with Crippen molar-refractivity contribution in [3.05, 3.63) is 46.2 Å². The minimum atomic E-state index is -3.92. The molecule has 5 N–H and O–H groups in total. The summed E-state index contributed by atoms with van der Waals surface area (Å²) in [5.74, 6) is -0.406. The normalized spacial score (nSPS) is 13.5. The lowest BCUT2D eigenvalue weighted by Gasteiger charge is -2.32. The molecule has 2 unspecified atom stereocenters. The first-order chi connectivity index (χ1) is 15.5. The molecule has 0 aliphatic carbocycles. The molecule has 0 bridgehead atoms. The maximum Gasteiger partial charge on any atom is 0.407 e. The van der Waals surface area contributed by atoms with Crippen molar-refractivity contribution in [3.8, 4) is 0 Å². The van der Waals surface area contributed by atoms with E-state index in [1.807, 2.05) is 0 Å². The van der Waals surface area contributed by atoms with Gasteiger partial charge in [0.2, 0.25) is 15.9 Å². The average Bonchev–Trinajstić information content (AvgIpc) is 3.25. The molecule has 0 radical (unpaired) electrons. The predicted octanol–water partition coefficient (Wildman–Crippen LogP) is 2.00. The summed E-state index contributed by atoms with van der Waals surface area (Å²) >= 11 is 1.29. The number of carbonyl (C=O) groups is 2. The fourth-order valence-electron chi connectivity index (χ4n) is 3.23. The Hall–Kier alpha value is -2.67. The molecule has 10 nitrogen and oxygen atoms in total. The fourth-order valence-corrected chi connectivity index (χ4v) is 6.20. The van der Waals surface area contributed by atoms with Gasteiger partial charge in [-0.2, -0.15) is 4.31 Å². The van der Waals surface area contributed by atoms with Gasteiger partial charge in [0, 0.05) is 21.5 Å². The zero-order chi connectivity index (χ0) is 24.8. The molecule has 0 aliphatic rings. The Morgan fingerprint density at radius 3 is 2.27 bits per heavy atom. The Balaban J connectivity index is 2.24. The highest BCUT2D eigenvalue weighted by atomic mass is 32.2. The van der Waals surface area contributed by atoms with Crippen molar-refractivity contribution in [1.82, 2.24) is 14.9 Å². The quantitative estimate of drug-likeness (QED) is 0.366. The van der Waals surface area contributed by atoms with E-state index in [0.717, 1.165) is 4.88 Å². The lowest BCUT2D eigenvalue weighted by atomic mass is 10.2. The third-order valence-corrected chi connectivity index (χ3v) is 8.27. The van der Waals surface area contributed by atoms with Gasteiger partial charge in [-0.05, 0) is 57.2 Å². The standard InChI is InChI=1S/C21H30N4O6S2/c1-13(2)25(33(29,30)16-7-5-15(22)6-8-16)17(12-26)19-10-9-18(32-19)14(3)24-20(27)11-23-21(28)31-4/h5-10,13-14,17,26H,11-12,22H2,1-4H3,(H,23,28)(H,24,27). The van der Waals surface area contributed by atoms with Crippen molar-refractivity contribution in [2.45, 2.75) is 43.8 Å². The molecule has 0 aliphatic heterocycles. The van der Waals surface area contributed by atoms with E-state index in [1.165, 1.54) is 47.0 Å². The van der Waals surface area contributed by atoms with Crippen LogP contribution in [0, 0.1) is 0 Å². The second-order valence-corrected chi connectivity index (χ2v) is 10.6. The molecule has 182 valence electrons. The van der Waals surface area contributed by atoms with Gasteiger partial charge in [-0.15, -0.1) is 11.3 Å². The van der Waals surface area contributed by atoms with Crippen molar-refractivity contribution in [2.24, 2.45) is 0 Å². The fraction of sp³-hybridized carbons (Fsp3) is 0.429. The highest BCUT2D eigenvalue weighted by molar-refractivity contribution is 7.89. The summed E-state index contributed by atoms with van der Waals surface area (Å²) in [6.07, 6.45) is -0.710. The van der Waals surface area contributed by atoms with Crippen LogP contribution in [0.5, 0.6) is 0 Å². The molecule has 2 rings (SSSR count). The Morgan fingerprint density at radius 2 is 1.73 bits per heavy atom. The van der Waals surface area contributed by atoms with Crippen LogP contribution in [-0.4, -0.2) is 56.1 Å². The van der Waals surface area contributed by atoms with Gasteiger partial charge in [-0.25, -0.2) is 13.2 Å². The molecule has 1 heterocycles. The van der Waals surface area contributed by atoms with Crippen LogP contribution in [0.3, 0.4) is 0 Å². The van der Waals surface area contributed by atoms with Crippen LogP contribution in [-0.2, 0) is 19.6 Å².